The molecule has 3 rings (SSSR count). The van der Waals surface area contributed by atoms with Gasteiger partial charge in [-0.1, -0.05) is 6.92 Å². The average molecular weight is 601 g/mol. The number of carbonyl (C=O) groups is 2. The molecule has 1 amide bonds. The molecule has 1 aliphatic rings. The van der Waals surface area contributed by atoms with Crippen molar-refractivity contribution in [3.05, 3.63) is 64.2 Å². The fraction of sp³-hybridized carbons (Fsp3) is 0.462. The number of hydrogen-bond acceptors (Lipinski definition) is 5. The molecule has 0 aromatic heterocycles. The van der Waals surface area contributed by atoms with Crippen molar-refractivity contribution in [2.24, 2.45) is 0 Å². The number of amides is 1. The standard InChI is InChI=1S/C26H24F9NO5/c1-4-17-12-19(18-11-13(24(27,28)29)6-7-20(18)36(17)22(38)41-5-2)23(39,21(37)40-3)14-8-15(25(30,31)32)10-16(9-14)26(33,34)35/h6-11,17,19,39H,4-5,12H2,1-3H3/t17-,19+,23-/m0/s1. The zero-order valence-electron chi connectivity index (χ0n) is 21.7. The van der Waals surface area contributed by atoms with E-state index in [-0.39, 0.29) is 36.9 Å². The maximum atomic E-state index is 13.7. The third-order valence-electron chi connectivity index (χ3n) is 6.83. The van der Waals surface area contributed by atoms with Gasteiger partial charge in [-0.05, 0) is 67.3 Å². The predicted octanol–water partition coefficient (Wildman–Crippen LogP) is 7.03. The van der Waals surface area contributed by atoms with Crippen LogP contribution in [0.4, 0.5) is 50.0 Å². The van der Waals surface area contributed by atoms with E-state index in [0.717, 1.165) is 11.0 Å². The molecule has 0 unspecified atom stereocenters. The number of fused-ring (bicyclic) bond motifs is 1. The Morgan fingerprint density at radius 3 is 1.80 bits per heavy atom. The zero-order valence-corrected chi connectivity index (χ0v) is 21.7. The van der Waals surface area contributed by atoms with Crippen LogP contribution in [0.25, 0.3) is 0 Å². The van der Waals surface area contributed by atoms with Crippen LogP contribution >= 0.6 is 0 Å². The molecule has 2 aromatic rings. The molecular weight excluding hydrogens is 577 g/mol. The Morgan fingerprint density at radius 2 is 1.37 bits per heavy atom. The molecule has 3 atom stereocenters. The Kier molecular flexibility index (Phi) is 8.64. The number of halogens is 9. The summed E-state index contributed by atoms with van der Waals surface area (Å²) in [6.07, 6.45) is -17.2. The first-order valence-corrected chi connectivity index (χ1v) is 12.1. The molecule has 6 nitrogen and oxygen atoms in total. The Hall–Kier alpha value is -3.49. The van der Waals surface area contributed by atoms with Crippen LogP contribution in [0.2, 0.25) is 0 Å². The number of aliphatic hydroxyl groups is 1. The number of methoxy groups -OCH3 is 1. The molecule has 0 bridgehead atoms. The molecule has 0 radical (unpaired) electrons. The van der Waals surface area contributed by atoms with E-state index in [9.17, 15) is 54.2 Å². The Balaban J connectivity index is 2.43. The number of hydrogen-bond donors (Lipinski definition) is 1. The summed E-state index contributed by atoms with van der Waals surface area (Å²) in [6.45, 7) is 2.86. The van der Waals surface area contributed by atoms with Gasteiger partial charge in [-0.2, -0.15) is 39.5 Å². The highest BCUT2D eigenvalue weighted by atomic mass is 19.4. The zero-order chi connectivity index (χ0) is 31.1. The van der Waals surface area contributed by atoms with Crippen LogP contribution in [-0.4, -0.2) is 36.9 Å². The van der Waals surface area contributed by atoms with Crippen molar-refractivity contribution in [1.82, 2.24) is 0 Å². The molecule has 15 heteroatoms. The van der Waals surface area contributed by atoms with Crippen LogP contribution in [0.3, 0.4) is 0 Å². The Morgan fingerprint density at radius 1 is 0.854 bits per heavy atom. The number of alkyl halides is 9. The van der Waals surface area contributed by atoms with Crippen LogP contribution in [-0.2, 0) is 38.4 Å². The first kappa shape index (κ1) is 32.0. The van der Waals surface area contributed by atoms with Gasteiger partial charge in [0.1, 0.15) is 0 Å². The van der Waals surface area contributed by atoms with Crippen molar-refractivity contribution < 1.29 is 63.7 Å². The normalized spacial score (nSPS) is 19.3. The summed E-state index contributed by atoms with van der Waals surface area (Å²) in [4.78, 5) is 26.9. The van der Waals surface area contributed by atoms with Crippen LogP contribution < -0.4 is 4.90 Å². The Bertz CT molecular complexity index is 1270. The molecule has 0 saturated carbocycles. The number of benzene rings is 2. The minimum absolute atomic E-state index is 0.0451. The van der Waals surface area contributed by atoms with Gasteiger partial charge in [0.25, 0.3) is 0 Å². The second-order valence-electron chi connectivity index (χ2n) is 9.24. The monoisotopic (exact) mass is 601 g/mol. The van der Waals surface area contributed by atoms with Gasteiger partial charge in [0.15, 0.2) is 5.60 Å². The van der Waals surface area contributed by atoms with Gasteiger partial charge in [-0.25, -0.2) is 9.59 Å². The van der Waals surface area contributed by atoms with Crippen LogP contribution in [0.1, 0.15) is 60.4 Å². The lowest BCUT2D eigenvalue weighted by atomic mass is 9.70. The summed E-state index contributed by atoms with van der Waals surface area (Å²) in [7, 11) is 0.698. The summed E-state index contributed by atoms with van der Waals surface area (Å²) in [5.74, 6) is -3.62. The largest absolute Gasteiger partial charge is 0.467 e. The summed E-state index contributed by atoms with van der Waals surface area (Å²) >= 11 is 0. The van der Waals surface area contributed by atoms with Crippen LogP contribution in [0.15, 0.2) is 36.4 Å². The van der Waals surface area contributed by atoms with E-state index in [4.69, 9.17) is 4.74 Å². The maximum absolute atomic E-state index is 13.7. The van der Waals surface area contributed by atoms with Gasteiger partial charge < -0.3 is 14.6 Å². The molecule has 1 heterocycles. The first-order chi connectivity index (χ1) is 18.8. The number of esters is 1. The third kappa shape index (κ3) is 6.09. The average Bonchev–Trinajstić information content (AvgIpc) is 2.89. The van der Waals surface area contributed by atoms with E-state index < -0.39 is 82.4 Å². The Labute approximate surface area is 227 Å². The van der Waals surface area contributed by atoms with Crippen molar-refractivity contribution in [3.8, 4) is 0 Å². The van der Waals surface area contributed by atoms with Crippen molar-refractivity contribution in [3.63, 3.8) is 0 Å². The molecule has 0 aliphatic carbocycles. The molecule has 0 spiro atoms. The fourth-order valence-electron chi connectivity index (χ4n) is 4.91. The third-order valence-corrected chi connectivity index (χ3v) is 6.83. The topological polar surface area (TPSA) is 76.1 Å². The molecule has 226 valence electrons. The van der Waals surface area contributed by atoms with Gasteiger partial charge >= 0.3 is 30.6 Å². The van der Waals surface area contributed by atoms with E-state index >= 15 is 0 Å². The first-order valence-electron chi connectivity index (χ1n) is 12.1. The number of ether oxygens (including phenoxy) is 2. The van der Waals surface area contributed by atoms with Crippen LogP contribution in [0, 0.1) is 0 Å². The van der Waals surface area contributed by atoms with E-state index in [1.807, 2.05) is 0 Å². The minimum Gasteiger partial charge on any atom is -0.467 e. The smallest absolute Gasteiger partial charge is 0.416 e. The van der Waals surface area contributed by atoms with Crippen molar-refractivity contribution in [2.45, 2.75) is 62.8 Å². The fourth-order valence-corrected chi connectivity index (χ4v) is 4.91. The molecule has 1 N–H and O–H groups in total. The molecule has 1 aliphatic heterocycles. The number of carbonyl (C=O) groups excluding carboxylic acids is 2. The molecule has 41 heavy (non-hydrogen) atoms. The number of anilines is 1. The van der Waals surface area contributed by atoms with Crippen molar-refractivity contribution >= 4 is 17.7 Å². The predicted molar refractivity (Wildman–Crippen MR) is 125 cm³/mol. The number of nitrogens with zero attached hydrogens (tertiary/aromatic N) is 1. The number of rotatable bonds is 5. The SMILES string of the molecule is CCOC(=O)N1c2ccc(C(F)(F)F)cc2[C@H]([C@](O)(C(=O)OC)c2cc(C(F)(F)F)cc(C(F)(F)F)c2)C[C@@H]1CC. The van der Waals surface area contributed by atoms with E-state index in [0.29, 0.717) is 19.2 Å². The summed E-state index contributed by atoms with van der Waals surface area (Å²) in [5, 5.41) is 11.8. The highest BCUT2D eigenvalue weighted by Crippen LogP contribution is 2.52. The molecule has 0 saturated heterocycles. The van der Waals surface area contributed by atoms with Crippen molar-refractivity contribution in [1.29, 1.82) is 0 Å². The lowest BCUT2D eigenvalue weighted by Crippen LogP contribution is -2.51. The molecular formula is C26H24F9NO5. The summed E-state index contributed by atoms with van der Waals surface area (Å²) in [5.41, 5.74) is -10.5. The summed E-state index contributed by atoms with van der Waals surface area (Å²) < 4.78 is 133. The summed E-state index contributed by atoms with van der Waals surface area (Å²) in [6, 6.07) is 0.917. The molecule has 2 aromatic carbocycles. The second-order valence-corrected chi connectivity index (χ2v) is 9.24. The van der Waals surface area contributed by atoms with E-state index in [2.05, 4.69) is 4.74 Å². The highest BCUT2D eigenvalue weighted by Gasteiger charge is 2.54. The van der Waals surface area contributed by atoms with Crippen LogP contribution in [0.5, 0.6) is 0 Å². The van der Waals surface area contributed by atoms with E-state index in [1.54, 1.807) is 0 Å². The lowest BCUT2D eigenvalue weighted by Gasteiger charge is -2.45. The highest BCUT2D eigenvalue weighted by molar-refractivity contribution is 5.92. The van der Waals surface area contributed by atoms with Gasteiger partial charge in [0.2, 0.25) is 0 Å². The maximum Gasteiger partial charge on any atom is 0.416 e. The van der Waals surface area contributed by atoms with Gasteiger partial charge in [0, 0.05) is 12.0 Å². The van der Waals surface area contributed by atoms with Gasteiger partial charge in [-0.3, -0.25) is 4.90 Å². The molecule has 0 fully saturated rings. The van der Waals surface area contributed by atoms with Crippen molar-refractivity contribution in [2.75, 3.05) is 18.6 Å². The minimum atomic E-state index is -5.37. The lowest BCUT2D eigenvalue weighted by molar-refractivity contribution is -0.168. The van der Waals surface area contributed by atoms with Gasteiger partial charge in [-0.15, -0.1) is 0 Å². The van der Waals surface area contributed by atoms with E-state index in [1.165, 1.54) is 13.8 Å². The second kappa shape index (κ2) is 11.1. The quantitative estimate of drug-likeness (QED) is 0.294. The van der Waals surface area contributed by atoms with Gasteiger partial charge in [0.05, 0.1) is 36.1 Å².